The average Bonchev–Trinajstić information content (AvgIpc) is 2.46. The molecule has 1 unspecified atom stereocenters. The van der Waals surface area contributed by atoms with Crippen LogP contribution in [-0.4, -0.2) is 46.6 Å². The standard InChI is InChI=1S/C14H22N4O2/c1-4-10-8-18(5-6-20-10)14(19)12-11(15)7-16-13(17-12)9(2)3/h7,9-10H,4-6,8,15H2,1-3H3. The summed E-state index contributed by atoms with van der Waals surface area (Å²) in [5.74, 6) is 0.673. The summed E-state index contributed by atoms with van der Waals surface area (Å²) < 4.78 is 5.58. The second kappa shape index (κ2) is 6.17. The van der Waals surface area contributed by atoms with Gasteiger partial charge in [0, 0.05) is 19.0 Å². The van der Waals surface area contributed by atoms with E-state index in [2.05, 4.69) is 16.9 Å². The molecule has 1 fully saturated rings. The van der Waals surface area contributed by atoms with Gasteiger partial charge in [-0.1, -0.05) is 20.8 Å². The van der Waals surface area contributed by atoms with E-state index < -0.39 is 0 Å². The molecule has 1 aliphatic heterocycles. The zero-order valence-electron chi connectivity index (χ0n) is 12.3. The van der Waals surface area contributed by atoms with Crippen LogP contribution < -0.4 is 5.73 Å². The van der Waals surface area contributed by atoms with Crippen molar-refractivity contribution < 1.29 is 9.53 Å². The molecule has 1 atom stereocenters. The number of amides is 1. The number of carbonyl (C=O) groups is 1. The van der Waals surface area contributed by atoms with E-state index >= 15 is 0 Å². The lowest BCUT2D eigenvalue weighted by Gasteiger charge is -2.32. The second-order valence-corrected chi connectivity index (χ2v) is 5.34. The minimum atomic E-state index is -0.131. The zero-order chi connectivity index (χ0) is 14.7. The van der Waals surface area contributed by atoms with Gasteiger partial charge in [0.2, 0.25) is 0 Å². The fraction of sp³-hybridized carbons (Fsp3) is 0.643. The Morgan fingerprint density at radius 3 is 3.00 bits per heavy atom. The first kappa shape index (κ1) is 14.7. The number of hydrogen-bond acceptors (Lipinski definition) is 5. The van der Waals surface area contributed by atoms with Crippen LogP contribution in [0, 0.1) is 0 Å². The first-order valence-electron chi connectivity index (χ1n) is 7.06. The van der Waals surface area contributed by atoms with Gasteiger partial charge < -0.3 is 15.4 Å². The van der Waals surface area contributed by atoms with Crippen molar-refractivity contribution in [2.24, 2.45) is 0 Å². The van der Waals surface area contributed by atoms with Gasteiger partial charge in [0.1, 0.15) is 5.82 Å². The number of aromatic nitrogens is 2. The van der Waals surface area contributed by atoms with Gasteiger partial charge in [0.15, 0.2) is 5.69 Å². The van der Waals surface area contributed by atoms with Gasteiger partial charge >= 0.3 is 0 Å². The maximum Gasteiger partial charge on any atom is 0.274 e. The van der Waals surface area contributed by atoms with E-state index in [0.717, 1.165) is 6.42 Å². The smallest absolute Gasteiger partial charge is 0.274 e. The Morgan fingerprint density at radius 2 is 2.35 bits per heavy atom. The number of rotatable bonds is 3. The van der Waals surface area contributed by atoms with Crippen LogP contribution in [0.15, 0.2) is 6.20 Å². The number of morpholine rings is 1. The molecule has 0 radical (unpaired) electrons. The van der Waals surface area contributed by atoms with Gasteiger partial charge in [-0.05, 0) is 6.42 Å². The van der Waals surface area contributed by atoms with Crippen LogP contribution in [0.1, 0.15) is 49.4 Å². The summed E-state index contributed by atoms with van der Waals surface area (Å²) in [5, 5.41) is 0. The van der Waals surface area contributed by atoms with E-state index in [-0.39, 0.29) is 17.9 Å². The predicted molar refractivity (Wildman–Crippen MR) is 76.5 cm³/mol. The second-order valence-electron chi connectivity index (χ2n) is 5.34. The highest BCUT2D eigenvalue weighted by atomic mass is 16.5. The van der Waals surface area contributed by atoms with Gasteiger partial charge in [-0.15, -0.1) is 0 Å². The summed E-state index contributed by atoms with van der Waals surface area (Å²) in [7, 11) is 0. The summed E-state index contributed by atoms with van der Waals surface area (Å²) in [6.45, 7) is 7.76. The summed E-state index contributed by atoms with van der Waals surface area (Å²) in [5.41, 5.74) is 6.50. The molecule has 0 bridgehead atoms. The summed E-state index contributed by atoms with van der Waals surface area (Å²) in [4.78, 5) is 22.8. The minimum Gasteiger partial charge on any atom is -0.396 e. The summed E-state index contributed by atoms with van der Waals surface area (Å²) in [6.07, 6.45) is 2.51. The molecule has 6 heteroatoms. The molecule has 2 heterocycles. The molecule has 1 aromatic rings. The van der Waals surface area contributed by atoms with E-state index in [0.29, 0.717) is 36.9 Å². The molecular formula is C14H22N4O2. The first-order chi connectivity index (χ1) is 9.52. The molecule has 2 rings (SSSR count). The third kappa shape index (κ3) is 3.07. The molecule has 0 aliphatic carbocycles. The SMILES string of the molecule is CCC1CN(C(=O)c2nc(C(C)C)ncc2N)CCO1. The molecule has 1 saturated heterocycles. The molecule has 0 spiro atoms. The van der Waals surface area contributed by atoms with E-state index in [1.165, 1.54) is 6.20 Å². The lowest BCUT2D eigenvalue weighted by Crippen LogP contribution is -2.45. The Kier molecular flexibility index (Phi) is 4.54. The van der Waals surface area contributed by atoms with Gasteiger partial charge in [-0.2, -0.15) is 0 Å². The van der Waals surface area contributed by atoms with E-state index in [1.54, 1.807) is 4.90 Å². The number of carbonyl (C=O) groups excluding carboxylic acids is 1. The third-order valence-corrected chi connectivity index (χ3v) is 3.44. The zero-order valence-corrected chi connectivity index (χ0v) is 12.3. The van der Waals surface area contributed by atoms with Crippen molar-refractivity contribution in [3.63, 3.8) is 0 Å². The van der Waals surface area contributed by atoms with Crippen LogP contribution in [-0.2, 0) is 4.74 Å². The number of ether oxygens (including phenoxy) is 1. The van der Waals surface area contributed by atoms with Crippen molar-refractivity contribution in [3.8, 4) is 0 Å². The van der Waals surface area contributed by atoms with Gasteiger partial charge in [-0.25, -0.2) is 9.97 Å². The van der Waals surface area contributed by atoms with E-state index in [4.69, 9.17) is 10.5 Å². The topological polar surface area (TPSA) is 81.3 Å². The van der Waals surface area contributed by atoms with Gasteiger partial charge in [-0.3, -0.25) is 4.79 Å². The van der Waals surface area contributed by atoms with Crippen molar-refractivity contribution >= 4 is 11.6 Å². The highest BCUT2D eigenvalue weighted by molar-refractivity contribution is 5.97. The Labute approximate surface area is 119 Å². The lowest BCUT2D eigenvalue weighted by atomic mass is 10.2. The van der Waals surface area contributed by atoms with Crippen molar-refractivity contribution in [1.29, 1.82) is 0 Å². The van der Waals surface area contributed by atoms with Crippen molar-refractivity contribution in [2.45, 2.75) is 39.2 Å². The van der Waals surface area contributed by atoms with Crippen molar-refractivity contribution in [1.82, 2.24) is 14.9 Å². The van der Waals surface area contributed by atoms with Crippen LogP contribution in [0.4, 0.5) is 5.69 Å². The van der Waals surface area contributed by atoms with Crippen LogP contribution in [0.5, 0.6) is 0 Å². The molecule has 1 aliphatic rings. The normalized spacial score (nSPS) is 19.4. The van der Waals surface area contributed by atoms with Crippen LogP contribution in [0.3, 0.4) is 0 Å². The molecule has 1 amide bonds. The summed E-state index contributed by atoms with van der Waals surface area (Å²) in [6, 6.07) is 0. The molecule has 110 valence electrons. The van der Waals surface area contributed by atoms with E-state index in [1.807, 2.05) is 13.8 Å². The number of nitrogens with zero attached hydrogens (tertiary/aromatic N) is 3. The largest absolute Gasteiger partial charge is 0.396 e. The Morgan fingerprint density at radius 1 is 1.60 bits per heavy atom. The Hall–Kier alpha value is -1.69. The number of anilines is 1. The third-order valence-electron chi connectivity index (χ3n) is 3.44. The molecule has 20 heavy (non-hydrogen) atoms. The molecule has 0 saturated carbocycles. The van der Waals surface area contributed by atoms with Crippen molar-refractivity contribution in [2.75, 3.05) is 25.4 Å². The maximum absolute atomic E-state index is 12.6. The lowest BCUT2D eigenvalue weighted by molar-refractivity contribution is -0.0227. The molecule has 0 aromatic carbocycles. The molecular weight excluding hydrogens is 256 g/mol. The quantitative estimate of drug-likeness (QED) is 0.904. The Bertz CT molecular complexity index is 490. The highest BCUT2D eigenvalue weighted by Gasteiger charge is 2.26. The number of nitrogen functional groups attached to an aromatic ring is 1. The average molecular weight is 278 g/mol. The maximum atomic E-state index is 12.6. The summed E-state index contributed by atoms with van der Waals surface area (Å²) >= 11 is 0. The van der Waals surface area contributed by atoms with Crippen LogP contribution in [0.2, 0.25) is 0 Å². The Balaban J connectivity index is 2.21. The number of nitrogens with two attached hydrogens (primary N) is 1. The molecule has 6 nitrogen and oxygen atoms in total. The van der Waals surface area contributed by atoms with Gasteiger partial charge in [0.25, 0.3) is 5.91 Å². The van der Waals surface area contributed by atoms with Crippen molar-refractivity contribution in [3.05, 3.63) is 17.7 Å². The molecule has 1 aromatic heterocycles. The monoisotopic (exact) mass is 278 g/mol. The predicted octanol–water partition coefficient (Wildman–Crippen LogP) is 1.43. The number of hydrogen-bond donors (Lipinski definition) is 1. The fourth-order valence-electron chi connectivity index (χ4n) is 2.15. The van der Waals surface area contributed by atoms with E-state index in [9.17, 15) is 4.79 Å². The minimum absolute atomic E-state index is 0.0975. The first-order valence-corrected chi connectivity index (χ1v) is 7.06. The van der Waals surface area contributed by atoms with Crippen LogP contribution in [0.25, 0.3) is 0 Å². The molecule has 2 N–H and O–H groups in total. The van der Waals surface area contributed by atoms with Crippen LogP contribution >= 0.6 is 0 Å². The highest BCUT2D eigenvalue weighted by Crippen LogP contribution is 2.17. The van der Waals surface area contributed by atoms with Gasteiger partial charge in [0.05, 0.1) is 24.6 Å². The fourth-order valence-corrected chi connectivity index (χ4v) is 2.15.